The van der Waals surface area contributed by atoms with Crippen LogP contribution in [0.25, 0.3) is 0 Å². The molecule has 0 heterocycles. The molecule has 0 aliphatic rings. The van der Waals surface area contributed by atoms with Crippen molar-refractivity contribution in [2.45, 2.75) is 6.92 Å². The normalized spacial score (nSPS) is 12.3. The summed E-state index contributed by atoms with van der Waals surface area (Å²) in [6.07, 6.45) is 0. The molecule has 4 heteroatoms. The number of nitrogens with zero attached hydrogens (tertiary/aromatic N) is 1. The molecule has 2 rings (SSSR count). The third kappa shape index (κ3) is 3.38. The topological polar surface area (TPSA) is 3.24 Å². The zero-order valence-corrected chi connectivity index (χ0v) is 15.1. The Morgan fingerprint density at radius 2 is 1.21 bits per heavy atom. The molecule has 0 amide bonds. The predicted octanol–water partition coefficient (Wildman–Crippen LogP) is 3.10. The molecule has 2 aromatic carbocycles. The van der Waals surface area contributed by atoms with Crippen molar-refractivity contribution in [3.05, 3.63) is 54.1 Å². The van der Waals surface area contributed by atoms with E-state index in [4.69, 9.17) is 17.9 Å². The maximum absolute atomic E-state index is 6.71. The van der Waals surface area contributed by atoms with Crippen molar-refractivity contribution >= 4 is 46.8 Å². The van der Waals surface area contributed by atoms with Gasteiger partial charge >= 0.3 is 127 Å². The fourth-order valence-corrected chi connectivity index (χ4v) is 8.03. The summed E-state index contributed by atoms with van der Waals surface area (Å²) in [4.78, 5) is 2.06. The second-order valence-corrected chi connectivity index (χ2v) is 17.3. The molecule has 0 spiro atoms. The van der Waals surface area contributed by atoms with E-state index >= 15 is 0 Å². The van der Waals surface area contributed by atoms with Gasteiger partial charge in [0.1, 0.15) is 0 Å². The molecule has 0 fully saturated rings. The van der Waals surface area contributed by atoms with Gasteiger partial charge in [0.05, 0.1) is 0 Å². The first-order valence-electron chi connectivity index (χ1n) is 5.98. The molecule has 0 bridgehead atoms. The molecule has 0 saturated carbocycles. The molecule has 0 aliphatic carbocycles. The monoisotopic (exact) mass is 411 g/mol. The number of hydrogen-bond donors (Lipinski definition) is 0. The van der Waals surface area contributed by atoms with Crippen LogP contribution in [0.1, 0.15) is 5.56 Å². The second kappa shape index (κ2) is 5.94. The average Bonchev–Trinajstić information content (AvgIpc) is 2.39. The van der Waals surface area contributed by atoms with Gasteiger partial charge in [0, 0.05) is 0 Å². The first-order chi connectivity index (χ1) is 8.91. The van der Waals surface area contributed by atoms with E-state index in [1.54, 1.807) is 0 Å². The van der Waals surface area contributed by atoms with Gasteiger partial charge in [0.25, 0.3) is 0 Å². The van der Waals surface area contributed by atoms with Crippen molar-refractivity contribution in [2.24, 2.45) is 0 Å². The summed E-state index contributed by atoms with van der Waals surface area (Å²) < 4.78 is 2.15. The van der Waals surface area contributed by atoms with Gasteiger partial charge in [0.15, 0.2) is 0 Å². The molecule has 0 aromatic heterocycles. The first-order valence-corrected chi connectivity index (χ1v) is 14.2. The molecule has 0 aliphatic heterocycles. The standard InChI is InChI=1S/C15H17Cl2NTe/c1-12-4-8-14(9-5-12)19(16,17)15-10-6-13(7-11-15)18(2)3/h4-11H,1-3H3. The van der Waals surface area contributed by atoms with Crippen molar-refractivity contribution in [2.75, 3.05) is 19.0 Å². The second-order valence-electron chi connectivity index (χ2n) is 4.67. The van der Waals surface area contributed by atoms with E-state index in [0.29, 0.717) is 0 Å². The van der Waals surface area contributed by atoms with Crippen molar-refractivity contribution in [1.82, 2.24) is 0 Å². The van der Waals surface area contributed by atoms with Crippen LogP contribution in [-0.2, 0) is 0 Å². The molecule has 0 unspecified atom stereocenters. The van der Waals surface area contributed by atoms with Crippen LogP contribution in [0.4, 0.5) is 5.69 Å². The summed E-state index contributed by atoms with van der Waals surface area (Å²) in [7, 11) is 17.5. The fraction of sp³-hybridized carbons (Fsp3) is 0.200. The van der Waals surface area contributed by atoms with Crippen molar-refractivity contribution in [3.8, 4) is 0 Å². The van der Waals surface area contributed by atoms with Gasteiger partial charge in [-0.1, -0.05) is 0 Å². The van der Waals surface area contributed by atoms with Crippen LogP contribution in [-0.4, -0.2) is 30.0 Å². The Morgan fingerprint density at radius 1 is 0.789 bits per heavy atom. The Labute approximate surface area is 126 Å². The Bertz CT molecular complexity index is 547. The molecule has 0 atom stereocenters. The molecule has 2 aromatic rings. The minimum absolute atomic E-state index is 1.07. The van der Waals surface area contributed by atoms with Gasteiger partial charge in [-0.25, -0.2) is 0 Å². The van der Waals surface area contributed by atoms with Crippen LogP contribution in [0, 0.1) is 6.92 Å². The molecule has 102 valence electrons. The van der Waals surface area contributed by atoms with E-state index in [-0.39, 0.29) is 0 Å². The minimum atomic E-state index is -3.20. The predicted molar refractivity (Wildman–Crippen MR) is 88.7 cm³/mol. The molecule has 0 N–H and O–H groups in total. The van der Waals surface area contributed by atoms with E-state index < -0.39 is 15.9 Å². The summed E-state index contributed by atoms with van der Waals surface area (Å²) in [5, 5.41) is 0. The van der Waals surface area contributed by atoms with Gasteiger partial charge < -0.3 is 0 Å². The summed E-state index contributed by atoms with van der Waals surface area (Å²) >= 11 is -3.20. The number of halogens is 2. The van der Waals surface area contributed by atoms with Crippen molar-refractivity contribution in [3.63, 3.8) is 0 Å². The summed E-state index contributed by atoms with van der Waals surface area (Å²) in [6, 6.07) is 16.5. The van der Waals surface area contributed by atoms with Crippen LogP contribution >= 0.6 is 17.9 Å². The van der Waals surface area contributed by atoms with E-state index in [1.807, 2.05) is 14.1 Å². The molecule has 1 nitrogen and oxygen atoms in total. The van der Waals surface area contributed by atoms with Crippen LogP contribution in [0.2, 0.25) is 0 Å². The van der Waals surface area contributed by atoms with Crippen LogP contribution in [0.5, 0.6) is 0 Å². The maximum atomic E-state index is 6.71. The third-order valence-electron chi connectivity index (χ3n) is 2.97. The quantitative estimate of drug-likeness (QED) is 0.704. The van der Waals surface area contributed by atoms with Gasteiger partial charge in [-0.05, 0) is 0 Å². The first kappa shape index (κ1) is 15.0. The Morgan fingerprint density at radius 3 is 1.63 bits per heavy atom. The van der Waals surface area contributed by atoms with E-state index in [9.17, 15) is 0 Å². The van der Waals surface area contributed by atoms with Crippen molar-refractivity contribution in [1.29, 1.82) is 0 Å². The Hall–Kier alpha value is -0.390. The van der Waals surface area contributed by atoms with Crippen LogP contribution in [0.3, 0.4) is 0 Å². The van der Waals surface area contributed by atoms with Gasteiger partial charge in [-0.2, -0.15) is 0 Å². The SMILES string of the molecule is Cc1ccc([Te](Cl)(Cl)c2ccc(N(C)C)cc2)cc1. The third-order valence-corrected chi connectivity index (χ3v) is 12.7. The van der Waals surface area contributed by atoms with Gasteiger partial charge in [-0.3, -0.25) is 0 Å². The van der Waals surface area contributed by atoms with Crippen LogP contribution in [0.15, 0.2) is 48.5 Å². The van der Waals surface area contributed by atoms with E-state index in [2.05, 4.69) is 60.4 Å². The summed E-state index contributed by atoms with van der Waals surface area (Å²) in [6.45, 7) is 2.06. The molecular weight excluding hydrogens is 393 g/mol. The van der Waals surface area contributed by atoms with Crippen molar-refractivity contribution < 1.29 is 0 Å². The summed E-state index contributed by atoms with van der Waals surface area (Å²) in [5.74, 6) is 0. The molecular formula is C15H17Cl2NTe. The number of benzene rings is 2. The van der Waals surface area contributed by atoms with Gasteiger partial charge in [-0.15, -0.1) is 0 Å². The average molecular weight is 410 g/mol. The van der Waals surface area contributed by atoms with Crippen LogP contribution < -0.4 is 12.1 Å². The van der Waals surface area contributed by atoms with E-state index in [1.165, 1.54) is 5.56 Å². The zero-order chi connectivity index (χ0) is 14.0. The van der Waals surface area contributed by atoms with E-state index in [0.717, 1.165) is 12.9 Å². The fourth-order valence-electron chi connectivity index (χ4n) is 1.76. The zero-order valence-electron chi connectivity index (χ0n) is 11.2. The molecule has 19 heavy (non-hydrogen) atoms. The van der Waals surface area contributed by atoms with Gasteiger partial charge in [0.2, 0.25) is 0 Å². The number of aryl methyl sites for hydroxylation is 1. The molecule has 0 saturated heterocycles. The Balaban J connectivity index is 2.35. The number of hydrogen-bond acceptors (Lipinski definition) is 1. The number of rotatable bonds is 3. The molecule has 0 radical (unpaired) electrons. The summed E-state index contributed by atoms with van der Waals surface area (Å²) in [5.41, 5.74) is 2.37. The number of anilines is 1. The Kier molecular flexibility index (Phi) is 4.69.